The number of hydrogen-bond acceptors (Lipinski definition) is 3. The fourth-order valence-electron chi connectivity index (χ4n) is 1.64. The Morgan fingerprint density at radius 1 is 1.11 bits per heavy atom. The Morgan fingerprint density at radius 3 is 2.21 bits per heavy atom. The summed E-state index contributed by atoms with van der Waals surface area (Å²) < 4.78 is 16.1. The van der Waals surface area contributed by atoms with Crippen LogP contribution in [0.3, 0.4) is 0 Å². The van der Waals surface area contributed by atoms with Crippen molar-refractivity contribution in [3.63, 3.8) is 0 Å². The molecule has 0 fully saturated rings. The van der Waals surface area contributed by atoms with E-state index in [-0.39, 0.29) is 6.10 Å². The van der Waals surface area contributed by atoms with Crippen LogP contribution in [0.2, 0.25) is 0 Å². The van der Waals surface area contributed by atoms with Crippen LogP contribution in [0.5, 0.6) is 0 Å². The maximum atomic E-state index is 5.53. The second kappa shape index (κ2) is 10.4. The fourth-order valence-corrected chi connectivity index (χ4v) is 1.64. The Hall–Kier alpha value is -1.48. The van der Waals surface area contributed by atoms with Crippen molar-refractivity contribution in [3.05, 3.63) is 47.5 Å². The second-order valence-electron chi connectivity index (χ2n) is 3.97. The zero-order valence-electron chi connectivity index (χ0n) is 12.9. The van der Waals surface area contributed by atoms with Crippen molar-refractivity contribution in [2.45, 2.75) is 33.3 Å². The van der Waals surface area contributed by atoms with Crippen molar-refractivity contribution < 1.29 is 14.2 Å². The van der Waals surface area contributed by atoms with Crippen LogP contribution in [-0.4, -0.2) is 27.4 Å². The normalized spacial score (nSPS) is 15.8. The summed E-state index contributed by atoms with van der Waals surface area (Å²) in [6.07, 6.45) is 10.6. The van der Waals surface area contributed by atoms with Gasteiger partial charge in [-0.15, -0.1) is 0 Å². The van der Waals surface area contributed by atoms with Gasteiger partial charge in [0, 0.05) is 12.7 Å². The molecular formula is C16H26O3. The van der Waals surface area contributed by atoms with Crippen LogP contribution < -0.4 is 0 Å². The molecule has 0 N–H and O–H groups in total. The van der Waals surface area contributed by atoms with E-state index in [1.807, 2.05) is 45.1 Å². The standard InChI is InChI=1S/C16H26O3/c1-7-9-10-15(13(3)17-4)16(19-6)12-11-14(8-2)18-5/h7-9,11-12,16H,10H2,1-6H3/b9-7+,12-11-,14-8+,15-13+. The molecule has 108 valence electrons. The smallest absolute Gasteiger partial charge is 0.114 e. The van der Waals surface area contributed by atoms with Crippen LogP contribution in [0.25, 0.3) is 0 Å². The van der Waals surface area contributed by atoms with E-state index in [0.717, 1.165) is 23.5 Å². The van der Waals surface area contributed by atoms with Gasteiger partial charge in [-0.3, -0.25) is 0 Å². The lowest BCUT2D eigenvalue weighted by Crippen LogP contribution is -2.13. The molecule has 0 aromatic rings. The number of allylic oxidation sites excluding steroid dienone is 5. The van der Waals surface area contributed by atoms with E-state index in [9.17, 15) is 0 Å². The minimum absolute atomic E-state index is 0.124. The molecule has 0 aromatic carbocycles. The molecule has 0 aromatic heterocycles. The average molecular weight is 266 g/mol. The third-order valence-corrected chi connectivity index (χ3v) is 2.88. The molecule has 0 saturated heterocycles. The predicted molar refractivity (Wildman–Crippen MR) is 79.8 cm³/mol. The maximum Gasteiger partial charge on any atom is 0.114 e. The molecule has 0 heterocycles. The maximum absolute atomic E-state index is 5.53. The van der Waals surface area contributed by atoms with E-state index in [0.29, 0.717) is 0 Å². The summed E-state index contributed by atoms with van der Waals surface area (Å²) in [5, 5.41) is 0. The first kappa shape index (κ1) is 17.5. The summed E-state index contributed by atoms with van der Waals surface area (Å²) >= 11 is 0. The fraction of sp³-hybridized carbons (Fsp3) is 0.500. The predicted octanol–water partition coefficient (Wildman–Crippen LogP) is 3.99. The number of ether oxygens (including phenoxy) is 3. The van der Waals surface area contributed by atoms with Gasteiger partial charge in [0.15, 0.2) is 0 Å². The van der Waals surface area contributed by atoms with Crippen molar-refractivity contribution in [2.24, 2.45) is 0 Å². The summed E-state index contributed by atoms with van der Waals surface area (Å²) in [5.41, 5.74) is 1.10. The third kappa shape index (κ3) is 6.30. The van der Waals surface area contributed by atoms with Crippen LogP contribution in [0, 0.1) is 0 Å². The van der Waals surface area contributed by atoms with Gasteiger partial charge >= 0.3 is 0 Å². The first-order valence-corrected chi connectivity index (χ1v) is 6.40. The van der Waals surface area contributed by atoms with Crippen molar-refractivity contribution in [1.82, 2.24) is 0 Å². The first-order valence-electron chi connectivity index (χ1n) is 6.40. The molecule has 0 saturated carbocycles. The summed E-state index contributed by atoms with van der Waals surface area (Å²) in [5.74, 6) is 1.69. The van der Waals surface area contributed by atoms with Gasteiger partial charge < -0.3 is 14.2 Å². The van der Waals surface area contributed by atoms with Gasteiger partial charge in [-0.25, -0.2) is 0 Å². The lowest BCUT2D eigenvalue weighted by atomic mass is 10.0. The molecule has 19 heavy (non-hydrogen) atoms. The average Bonchev–Trinajstić information content (AvgIpc) is 2.45. The molecule has 0 spiro atoms. The Kier molecular flexibility index (Phi) is 9.63. The van der Waals surface area contributed by atoms with Crippen molar-refractivity contribution in [3.8, 4) is 0 Å². The number of hydrogen-bond donors (Lipinski definition) is 0. The molecule has 0 aliphatic carbocycles. The number of methoxy groups -OCH3 is 3. The van der Waals surface area contributed by atoms with E-state index < -0.39 is 0 Å². The van der Waals surface area contributed by atoms with E-state index in [4.69, 9.17) is 14.2 Å². The van der Waals surface area contributed by atoms with Gasteiger partial charge in [-0.05, 0) is 45.4 Å². The number of rotatable bonds is 8. The molecular weight excluding hydrogens is 240 g/mol. The van der Waals surface area contributed by atoms with Gasteiger partial charge in [0.25, 0.3) is 0 Å². The zero-order chi connectivity index (χ0) is 14.7. The van der Waals surface area contributed by atoms with E-state index in [2.05, 4.69) is 6.08 Å². The van der Waals surface area contributed by atoms with E-state index >= 15 is 0 Å². The Bertz CT molecular complexity index is 362. The monoisotopic (exact) mass is 266 g/mol. The van der Waals surface area contributed by atoms with Crippen LogP contribution in [0.1, 0.15) is 27.2 Å². The largest absolute Gasteiger partial charge is 0.501 e. The molecule has 0 amide bonds. The van der Waals surface area contributed by atoms with Gasteiger partial charge in [0.1, 0.15) is 11.9 Å². The summed E-state index contributed by atoms with van der Waals surface area (Å²) in [4.78, 5) is 0. The highest BCUT2D eigenvalue weighted by molar-refractivity contribution is 5.24. The zero-order valence-corrected chi connectivity index (χ0v) is 12.9. The quantitative estimate of drug-likeness (QED) is 0.377. The molecule has 0 radical (unpaired) electrons. The minimum Gasteiger partial charge on any atom is -0.501 e. The van der Waals surface area contributed by atoms with E-state index in [1.165, 1.54) is 0 Å². The lowest BCUT2D eigenvalue weighted by Gasteiger charge is -2.17. The van der Waals surface area contributed by atoms with Gasteiger partial charge in [0.2, 0.25) is 0 Å². The molecule has 3 heteroatoms. The van der Waals surface area contributed by atoms with Crippen LogP contribution >= 0.6 is 0 Å². The molecule has 0 bridgehead atoms. The molecule has 0 rings (SSSR count). The van der Waals surface area contributed by atoms with Crippen molar-refractivity contribution >= 4 is 0 Å². The lowest BCUT2D eigenvalue weighted by molar-refractivity contribution is 0.158. The second-order valence-corrected chi connectivity index (χ2v) is 3.97. The molecule has 1 atom stereocenters. The summed E-state index contributed by atoms with van der Waals surface area (Å²) in [6.45, 7) is 5.88. The summed E-state index contributed by atoms with van der Waals surface area (Å²) in [6, 6.07) is 0. The topological polar surface area (TPSA) is 27.7 Å². The highest BCUT2D eigenvalue weighted by atomic mass is 16.5. The highest BCUT2D eigenvalue weighted by Gasteiger charge is 2.13. The first-order chi connectivity index (χ1) is 9.14. The van der Waals surface area contributed by atoms with E-state index in [1.54, 1.807) is 21.3 Å². The third-order valence-electron chi connectivity index (χ3n) is 2.88. The minimum atomic E-state index is -0.124. The summed E-state index contributed by atoms with van der Waals surface area (Å²) in [7, 11) is 5.02. The van der Waals surface area contributed by atoms with Gasteiger partial charge in [-0.1, -0.05) is 12.2 Å². The van der Waals surface area contributed by atoms with Crippen LogP contribution in [-0.2, 0) is 14.2 Å². The SMILES string of the molecule is C/C=C/C/C(=C(/C)OC)C(/C=C\C(=C/C)OC)OC. The van der Waals surface area contributed by atoms with Crippen LogP contribution in [0.15, 0.2) is 47.5 Å². The Labute approximate surface area is 117 Å². The van der Waals surface area contributed by atoms with Gasteiger partial charge in [0.05, 0.1) is 20.0 Å². The molecule has 1 unspecified atom stereocenters. The highest BCUT2D eigenvalue weighted by Crippen LogP contribution is 2.19. The van der Waals surface area contributed by atoms with Crippen LogP contribution in [0.4, 0.5) is 0 Å². The Balaban J connectivity index is 5.15. The molecule has 0 aliphatic rings. The van der Waals surface area contributed by atoms with Gasteiger partial charge in [-0.2, -0.15) is 0 Å². The van der Waals surface area contributed by atoms with Crippen molar-refractivity contribution in [1.29, 1.82) is 0 Å². The van der Waals surface area contributed by atoms with Crippen molar-refractivity contribution in [2.75, 3.05) is 21.3 Å². The molecule has 3 nitrogen and oxygen atoms in total. The Morgan fingerprint density at radius 2 is 1.79 bits per heavy atom. The molecule has 0 aliphatic heterocycles.